The summed E-state index contributed by atoms with van der Waals surface area (Å²) >= 11 is 0. The average molecular weight is 270 g/mol. The predicted octanol–water partition coefficient (Wildman–Crippen LogP) is 3.29. The van der Waals surface area contributed by atoms with Gasteiger partial charge in [-0.05, 0) is 23.8 Å². The van der Waals surface area contributed by atoms with Crippen LogP contribution in [0.15, 0.2) is 42.7 Å². The lowest BCUT2D eigenvalue weighted by atomic mass is 9.99. The van der Waals surface area contributed by atoms with Crippen molar-refractivity contribution in [2.45, 2.75) is 12.2 Å². The van der Waals surface area contributed by atoms with Crippen LogP contribution < -0.4 is 5.73 Å². The van der Waals surface area contributed by atoms with E-state index in [1.54, 1.807) is 0 Å². The van der Waals surface area contributed by atoms with Crippen LogP contribution in [-0.4, -0.2) is 4.98 Å². The van der Waals surface area contributed by atoms with Crippen LogP contribution in [0.2, 0.25) is 0 Å². The van der Waals surface area contributed by atoms with E-state index in [-0.39, 0.29) is 5.56 Å². The molecule has 0 saturated heterocycles. The number of nitrogens with zero attached hydrogens (tertiary/aromatic N) is 1. The van der Waals surface area contributed by atoms with Crippen molar-refractivity contribution in [1.82, 2.24) is 4.98 Å². The number of rotatable bonds is 2. The zero-order chi connectivity index (χ0) is 14.0. The summed E-state index contributed by atoms with van der Waals surface area (Å²) in [5.41, 5.74) is 5.65. The maximum atomic E-state index is 13.5. The molecule has 0 spiro atoms. The Kier molecular flexibility index (Phi) is 3.53. The topological polar surface area (TPSA) is 38.9 Å². The third-order valence-corrected chi connectivity index (χ3v) is 2.74. The quantitative estimate of drug-likeness (QED) is 0.850. The van der Waals surface area contributed by atoms with E-state index in [1.807, 2.05) is 0 Å². The molecule has 1 unspecified atom stereocenters. The second-order valence-electron chi connectivity index (χ2n) is 3.99. The average Bonchev–Trinajstić information content (AvgIpc) is 2.38. The third-order valence-electron chi connectivity index (χ3n) is 2.74. The van der Waals surface area contributed by atoms with Crippen molar-refractivity contribution in [1.29, 1.82) is 0 Å². The Morgan fingerprint density at radius 3 is 2.21 bits per heavy atom. The molecule has 2 nitrogen and oxygen atoms in total. The Hall–Kier alpha value is -1.95. The molecule has 2 N–H and O–H groups in total. The summed E-state index contributed by atoms with van der Waals surface area (Å²) < 4.78 is 50.7. The van der Waals surface area contributed by atoms with E-state index in [4.69, 9.17) is 5.73 Å². The first-order valence-corrected chi connectivity index (χ1v) is 5.42. The zero-order valence-electron chi connectivity index (χ0n) is 9.66. The van der Waals surface area contributed by atoms with Crippen LogP contribution in [0.5, 0.6) is 0 Å². The summed E-state index contributed by atoms with van der Waals surface area (Å²) in [5, 5.41) is 0. The molecule has 1 atom stereocenters. The van der Waals surface area contributed by atoms with Crippen LogP contribution >= 0.6 is 0 Å². The van der Waals surface area contributed by atoms with Crippen LogP contribution in [0.3, 0.4) is 0 Å². The molecule has 0 aliphatic carbocycles. The van der Waals surface area contributed by atoms with Gasteiger partial charge in [0.25, 0.3) is 0 Å². The molecule has 0 saturated carbocycles. The minimum Gasteiger partial charge on any atom is -0.320 e. The van der Waals surface area contributed by atoms with E-state index in [0.717, 1.165) is 18.3 Å². The molecule has 2 aromatic rings. The summed E-state index contributed by atoms with van der Waals surface area (Å²) in [5.74, 6) is -0.588. The number of aromatic nitrogens is 1. The maximum Gasteiger partial charge on any atom is 0.416 e. The van der Waals surface area contributed by atoms with Crippen LogP contribution in [0.1, 0.15) is 22.7 Å². The Balaban J connectivity index is 2.31. The molecule has 2 rings (SSSR count). The van der Waals surface area contributed by atoms with Crippen LogP contribution in [0.25, 0.3) is 0 Å². The lowest BCUT2D eigenvalue weighted by molar-refractivity contribution is -0.137. The zero-order valence-corrected chi connectivity index (χ0v) is 9.66. The fourth-order valence-electron chi connectivity index (χ4n) is 1.70. The van der Waals surface area contributed by atoms with Gasteiger partial charge >= 0.3 is 6.18 Å². The van der Waals surface area contributed by atoms with E-state index in [1.165, 1.54) is 24.4 Å². The minimum atomic E-state index is -4.40. The van der Waals surface area contributed by atoms with Crippen molar-refractivity contribution in [3.63, 3.8) is 0 Å². The van der Waals surface area contributed by atoms with Gasteiger partial charge in [-0.25, -0.2) is 4.39 Å². The first-order chi connectivity index (χ1) is 8.89. The largest absolute Gasteiger partial charge is 0.416 e. The molecule has 0 bridgehead atoms. The Labute approximate surface area is 106 Å². The predicted molar refractivity (Wildman–Crippen MR) is 61.7 cm³/mol. The molecule has 0 radical (unpaired) electrons. The van der Waals surface area contributed by atoms with Gasteiger partial charge in [-0.15, -0.1) is 0 Å². The molecule has 0 fully saturated rings. The molecule has 1 aromatic heterocycles. The summed E-state index contributed by atoms with van der Waals surface area (Å²) in [7, 11) is 0. The van der Waals surface area contributed by atoms with Crippen molar-refractivity contribution < 1.29 is 17.6 Å². The van der Waals surface area contributed by atoms with Gasteiger partial charge in [-0.3, -0.25) is 4.98 Å². The standard InChI is InChI=1S/C13H10F4N2/c14-11-7-19-6-5-10(11)12(18)8-1-3-9(4-2-8)13(15,16)17/h1-7,12H,18H2. The monoisotopic (exact) mass is 270 g/mol. The first kappa shape index (κ1) is 13.5. The van der Waals surface area contributed by atoms with Crippen LogP contribution in [0.4, 0.5) is 17.6 Å². The van der Waals surface area contributed by atoms with Gasteiger partial charge in [-0.1, -0.05) is 12.1 Å². The fourth-order valence-corrected chi connectivity index (χ4v) is 1.70. The van der Waals surface area contributed by atoms with Crippen LogP contribution in [-0.2, 0) is 6.18 Å². The molecule has 19 heavy (non-hydrogen) atoms. The Morgan fingerprint density at radius 1 is 1.05 bits per heavy atom. The van der Waals surface area contributed by atoms with E-state index in [9.17, 15) is 17.6 Å². The molecule has 1 heterocycles. The van der Waals surface area contributed by atoms with Gasteiger partial charge in [-0.2, -0.15) is 13.2 Å². The number of hydrogen-bond donors (Lipinski definition) is 1. The summed E-state index contributed by atoms with van der Waals surface area (Å²) in [6.45, 7) is 0. The van der Waals surface area contributed by atoms with Crippen molar-refractivity contribution in [2.24, 2.45) is 5.73 Å². The van der Waals surface area contributed by atoms with Gasteiger partial charge in [0.05, 0.1) is 17.8 Å². The number of hydrogen-bond acceptors (Lipinski definition) is 2. The van der Waals surface area contributed by atoms with Gasteiger partial charge in [0.1, 0.15) is 5.82 Å². The molecule has 100 valence electrons. The molecular formula is C13H10F4N2. The van der Waals surface area contributed by atoms with E-state index >= 15 is 0 Å². The molecular weight excluding hydrogens is 260 g/mol. The SMILES string of the molecule is NC(c1ccc(C(F)(F)F)cc1)c1ccncc1F. The normalized spacial score (nSPS) is 13.3. The summed E-state index contributed by atoms with van der Waals surface area (Å²) in [6.07, 6.45) is -2.01. The number of pyridine rings is 1. The third kappa shape index (κ3) is 2.90. The van der Waals surface area contributed by atoms with Crippen LogP contribution in [0, 0.1) is 5.82 Å². The van der Waals surface area contributed by atoms with E-state index in [2.05, 4.69) is 4.98 Å². The molecule has 0 aliphatic heterocycles. The number of alkyl halides is 3. The highest BCUT2D eigenvalue weighted by molar-refractivity contribution is 5.33. The molecule has 0 aliphatic rings. The highest BCUT2D eigenvalue weighted by Crippen LogP contribution is 2.30. The minimum absolute atomic E-state index is 0.190. The van der Waals surface area contributed by atoms with Gasteiger partial charge < -0.3 is 5.73 Å². The lowest BCUT2D eigenvalue weighted by Gasteiger charge is -2.14. The smallest absolute Gasteiger partial charge is 0.320 e. The van der Waals surface area contributed by atoms with Gasteiger partial charge in [0.2, 0.25) is 0 Å². The van der Waals surface area contributed by atoms with Crippen molar-refractivity contribution in [3.05, 3.63) is 65.2 Å². The summed E-state index contributed by atoms with van der Waals surface area (Å²) in [4.78, 5) is 3.59. The lowest BCUT2D eigenvalue weighted by Crippen LogP contribution is -2.14. The van der Waals surface area contributed by atoms with Crippen molar-refractivity contribution >= 4 is 0 Å². The van der Waals surface area contributed by atoms with E-state index in [0.29, 0.717) is 5.56 Å². The Morgan fingerprint density at radius 2 is 1.68 bits per heavy atom. The van der Waals surface area contributed by atoms with Gasteiger partial charge in [0, 0.05) is 11.8 Å². The summed E-state index contributed by atoms with van der Waals surface area (Å²) in [6, 6.07) is 4.91. The van der Waals surface area contributed by atoms with Crippen molar-refractivity contribution in [2.75, 3.05) is 0 Å². The number of halogens is 4. The Bertz CT molecular complexity index is 564. The maximum absolute atomic E-state index is 13.5. The molecule has 6 heteroatoms. The highest BCUT2D eigenvalue weighted by Gasteiger charge is 2.30. The molecule has 1 aromatic carbocycles. The second kappa shape index (κ2) is 4.97. The van der Waals surface area contributed by atoms with Crippen molar-refractivity contribution in [3.8, 4) is 0 Å². The second-order valence-corrected chi connectivity index (χ2v) is 3.99. The number of nitrogens with two attached hydrogens (primary N) is 1. The first-order valence-electron chi connectivity index (χ1n) is 5.42. The van der Waals surface area contributed by atoms with E-state index < -0.39 is 23.6 Å². The molecule has 0 amide bonds. The van der Waals surface area contributed by atoms with Gasteiger partial charge in [0.15, 0.2) is 0 Å². The fraction of sp³-hybridized carbons (Fsp3) is 0.154. The number of benzene rings is 1. The highest BCUT2D eigenvalue weighted by atomic mass is 19.4.